The maximum atomic E-state index is 12.8. The first-order valence-electron chi connectivity index (χ1n) is 9.96. The Bertz CT molecular complexity index is 930. The highest BCUT2D eigenvalue weighted by Gasteiger charge is 2.49. The Morgan fingerprint density at radius 3 is 2.26 bits per heavy atom. The van der Waals surface area contributed by atoms with Crippen LogP contribution in [0.15, 0.2) is 41.8 Å². The summed E-state index contributed by atoms with van der Waals surface area (Å²) in [5, 5.41) is 9.11. The van der Waals surface area contributed by atoms with Crippen LogP contribution in [0, 0.1) is 5.92 Å². The Kier molecular flexibility index (Phi) is 6.76. The molecule has 1 aliphatic heterocycles. The highest BCUT2D eigenvalue weighted by atomic mass is 32.1. The number of fused-ring (bicyclic) bond motifs is 3. The van der Waals surface area contributed by atoms with Crippen LogP contribution in [0.4, 0.5) is 13.2 Å². The van der Waals surface area contributed by atoms with Crippen molar-refractivity contribution >= 4 is 23.2 Å². The zero-order valence-electron chi connectivity index (χ0n) is 17.5. The molecule has 2 aromatic rings. The molecule has 1 N–H and O–H groups in total. The molecule has 0 radical (unpaired) electrons. The molecule has 1 aliphatic carbocycles. The molecule has 2 aliphatic rings. The van der Waals surface area contributed by atoms with E-state index in [1.165, 1.54) is 11.1 Å². The van der Waals surface area contributed by atoms with Crippen LogP contribution in [-0.2, 0) is 4.79 Å². The Morgan fingerprint density at radius 2 is 1.74 bits per heavy atom. The molecular weight excluding hydrogens is 429 g/mol. The normalized spacial score (nSPS) is 22.2. The van der Waals surface area contributed by atoms with Gasteiger partial charge in [-0.3, -0.25) is 9.69 Å². The molecule has 168 valence electrons. The highest BCUT2D eigenvalue weighted by Crippen LogP contribution is 2.51. The topological polar surface area (TPSA) is 60.9 Å². The molecule has 4 rings (SSSR count). The van der Waals surface area contributed by atoms with Crippen LogP contribution >= 0.6 is 11.3 Å². The number of hydrogen-bond acceptors (Lipinski definition) is 4. The van der Waals surface area contributed by atoms with E-state index in [0.717, 1.165) is 18.0 Å². The SMILES string of the molecule is CC(C)N(C)[C@H]1c2ccccc2[C@@H]2CN(C(=O)c3cccs3)C[C@@H]21.O=C(O)C(F)(F)F. The van der Waals surface area contributed by atoms with Crippen molar-refractivity contribution in [2.24, 2.45) is 5.92 Å². The fourth-order valence-corrected chi connectivity index (χ4v) is 5.08. The van der Waals surface area contributed by atoms with Crippen molar-refractivity contribution in [2.75, 3.05) is 20.1 Å². The minimum atomic E-state index is -5.08. The smallest absolute Gasteiger partial charge is 0.475 e. The van der Waals surface area contributed by atoms with Crippen molar-refractivity contribution < 1.29 is 27.9 Å². The van der Waals surface area contributed by atoms with Gasteiger partial charge in [0.15, 0.2) is 0 Å². The Balaban J connectivity index is 0.000000339. The quantitative estimate of drug-likeness (QED) is 0.735. The minimum absolute atomic E-state index is 0.197. The fraction of sp³-hybridized carbons (Fsp3) is 0.455. The number of halogens is 3. The van der Waals surface area contributed by atoms with Crippen LogP contribution in [0.1, 0.15) is 46.6 Å². The molecule has 1 saturated heterocycles. The zero-order chi connectivity index (χ0) is 22.9. The van der Waals surface area contributed by atoms with E-state index in [1.54, 1.807) is 11.3 Å². The average Bonchev–Trinajstić information content (AvgIpc) is 3.42. The van der Waals surface area contributed by atoms with Gasteiger partial charge in [0.05, 0.1) is 4.88 Å². The molecule has 31 heavy (non-hydrogen) atoms. The second-order valence-electron chi connectivity index (χ2n) is 8.09. The number of carbonyl (C=O) groups is 2. The molecule has 1 fully saturated rings. The molecule has 2 heterocycles. The lowest BCUT2D eigenvalue weighted by molar-refractivity contribution is -0.192. The van der Waals surface area contributed by atoms with Crippen LogP contribution in [0.2, 0.25) is 0 Å². The van der Waals surface area contributed by atoms with Crippen LogP contribution in [0.3, 0.4) is 0 Å². The molecule has 0 saturated carbocycles. The van der Waals surface area contributed by atoms with Gasteiger partial charge in [0.1, 0.15) is 0 Å². The van der Waals surface area contributed by atoms with E-state index >= 15 is 0 Å². The highest BCUT2D eigenvalue weighted by molar-refractivity contribution is 7.12. The molecule has 0 bridgehead atoms. The predicted molar refractivity (Wildman–Crippen MR) is 112 cm³/mol. The van der Waals surface area contributed by atoms with Gasteiger partial charge < -0.3 is 10.0 Å². The van der Waals surface area contributed by atoms with Gasteiger partial charge in [-0.05, 0) is 43.5 Å². The summed E-state index contributed by atoms with van der Waals surface area (Å²) in [4.78, 5) is 27.1. The lowest BCUT2D eigenvalue weighted by Gasteiger charge is -2.33. The summed E-state index contributed by atoms with van der Waals surface area (Å²) in [5.74, 6) is -1.59. The Labute approximate surface area is 183 Å². The third-order valence-corrected chi connectivity index (χ3v) is 6.86. The van der Waals surface area contributed by atoms with E-state index in [2.05, 4.69) is 55.0 Å². The number of carboxylic acids is 1. The number of alkyl halides is 3. The van der Waals surface area contributed by atoms with Gasteiger partial charge in [-0.15, -0.1) is 11.3 Å². The minimum Gasteiger partial charge on any atom is -0.475 e. The summed E-state index contributed by atoms with van der Waals surface area (Å²) in [6.07, 6.45) is -5.08. The van der Waals surface area contributed by atoms with Crippen LogP contribution in [0.25, 0.3) is 0 Å². The number of aliphatic carboxylic acids is 1. The molecule has 0 spiro atoms. The van der Waals surface area contributed by atoms with Gasteiger partial charge in [0.25, 0.3) is 5.91 Å². The van der Waals surface area contributed by atoms with Gasteiger partial charge in [-0.1, -0.05) is 30.3 Å². The number of carbonyl (C=O) groups excluding carboxylic acids is 1. The number of likely N-dealkylation sites (tertiary alicyclic amines) is 1. The molecule has 1 aromatic heterocycles. The molecule has 5 nitrogen and oxygen atoms in total. The number of hydrogen-bond donors (Lipinski definition) is 1. The number of carboxylic acid groups (broad SMARTS) is 1. The monoisotopic (exact) mass is 454 g/mol. The third kappa shape index (κ3) is 4.77. The number of nitrogens with zero attached hydrogens (tertiary/aromatic N) is 2. The molecular formula is C22H25F3N2O3S. The lowest BCUT2D eigenvalue weighted by atomic mass is 9.93. The summed E-state index contributed by atoms with van der Waals surface area (Å²) < 4.78 is 31.7. The van der Waals surface area contributed by atoms with Gasteiger partial charge in [-0.2, -0.15) is 13.2 Å². The summed E-state index contributed by atoms with van der Waals surface area (Å²) in [5.41, 5.74) is 2.91. The largest absolute Gasteiger partial charge is 0.490 e. The molecule has 1 aromatic carbocycles. The summed E-state index contributed by atoms with van der Waals surface area (Å²) in [6.45, 7) is 6.21. The van der Waals surface area contributed by atoms with Gasteiger partial charge >= 0.3 is 12.1 Å². The number of amides is 1. The van der Waals surface area contributed by atoms with Gasteiger partial charge in [0, 0.05) is 37.0 Å². The summed E-state index contributed by atoms with van der Waals surface area (Å²) >= 11 is 1.54. The molecule has 9 heteroatoms. The van der Waals surface area contributed by atoms with E-state index in [-0.39, 0.29) is 5.91 Å². The number of benzene rings is 1. The van der Waals surface area contributed by atoms with Crippen molar-refractivity contribution in [3.8, 4) is 0 Å². The number of rotatable bonds is 3. The van der Waals surface area contributed by atoms with Crippen LogP contribution in [-0.4, -0.2) is 59.1 Å². The fourth-order valence-electron chi connectivity index (χ4n) is 4.39. The standard InChI is InChI=1S/C20H24N2OS.C2HF3O2/c1-13(2)21(3)19-15-8-5-4-7-14(15)16-11-22(12-17(16)19)20(23)18-9-6-10-24-18;3-2(4,5)1(6)7/h4-10,13,16-17,19H,11-12H2,1-3H3;(H,6,7)/t16-,17-,19-;/m0./s1. The molecule has 1 amide bonds. The van der Waals surface area contributed by atoms with E-state index in [1.807, 2.05) is 17.5 Å². The van der Waals surface area contributed by atoms with Crippen LogP contribution in [0.5, 0.6) is 0 Å². The predicted octanol–water partition coefficient (Wildman–Crippen LogP) is 4.63. The first-order valence-corrected chi connectivity index (χ1v) is 10.8. The maximum Gasteiger partial charge on any atom is 0.490 e. The van der Waals surface area contributed by atoms with Gasteiger partial charge in [-0.25, -0.2) is 4.79 Å². The summed E-state index contributed by atoms with van der Waals surface area (Å²) in [7, 11) is 2.22. The first-order chi connectivity index (χ1) is 14.5. The van der Waals surface area contributed by atoms with Crippen molar-refractivity contribution in [1.82, 2.24) is 9.80 Å². The Hall–Kier alpha value is -2.39. The van der Waals surface area contributed by atoms with E-state index in [4.69, 9.17) is 9.90 Å². The van der Waals surface area contributed by atoms with Crippen molar-refractivity contribution in [1.29, 1.82) is 0 Å². The van der Waals surface area contributed by atoms with E-state index in [9.17, 15) is 18.0 Å². The van der Waals surface area contributed by atoms with Gasteiger partial charge in [0.2, 0.25) is 0 Å². The second-order valence-corrected chi connectivity index (χ2v) is 9.04. The molecule has 0 unspecified atom stereocenters. The summed E-state index contributed by atoms with van der Waals surface area (Å²) in [6, 6.07) is 13.6. The van der Waals surface area contributed by atoms with E-state index in [0.29, 0.717) is 23.9 Å². The van der Waals surface area contributed by atoms with Crippen LogP contribution < -0.4 is 0 Å². The van der Waals surface area contributed by atoms with Crippen molar-refractivity contribution in [3.05, 3.63) is 57.8 Å². The Morgan fingerprint density at radius 1 is 1.13 bits per heavy atom. The average molecular weight is 455 g/mol. The lowest BCUT2D eigenvalue weighted by Crippen LogP contribution is -2.36. The maximum absolute atomic E-state index is 12.8. The van der Waals surface area contributed by atoms with Crippen molar-refractivity contribution in [2.45, 2.75) is 38.0 Å². The van der Waals surface area contributed by atoms with Crippen molar-refractivity contribution in [3.63, 3.8) is 0 Å². The molecule has 3 atom stereocenters. The number of thiophene rings is 1. The van der Waals surface area contributed by atoms with E-state index < -0.39 is 12.1 Å². The zero-order valence-corrected chi connectivity index (χ0v) is 18.3. The first kappa shape index (κ1) is 23.3. The second kappa shape index (κ2) is 9.00. The third-order valence-electron chi connectivity index (χ3n) is 6.00.